The minimum atomic E-state index is -0.327. The van der Waals surface area contributed by atoms with Gasteiger partial charge in [-0.25, -0.2) is 5.43 Å². The topological polar surface area (TPSA) is 55.6 Å². The second-order valence-electron chi connectivity index (χ2n) is 8.33. The third-order valence-corrected chi connectivity index (χ3v) is 6.46. The van der Waals surface area contributed by atoms with Crippen LogP contribution in [-0.4, -0.2) is 23.8 Å². The molecule has 0 bridgehead atoms. The number of nitrogens with zero attached hydrogens (tertiary/aromatic N) is 2. The Balaban J connectivity index is 1.44. The lowest BCUT2D eigenvalue weighted by molar-refractivity contribution is 0.0952. The van der Waals surface area contributed by atoms with Crippen molar-refractivity contribution in [2.24, 2.45) is 5.10 Å². The summed E-state index contributed by atoms with van der Waals surface area (Å²) in [5, 5.41) is 8.06. The molecule has 5 nitrogen and oxygen atoms in total. The summed E-state index contributed by atoms with van der Waals surface area (Å²) in [6.07, 6.45) is 1.71. The van der Waals surface area contributed by atoms with E-state index in [1.807, 2.05) is 72.8 Å². The van der Waals surface area contributed by atoms with Gasteiger partial charge in [-0.3, -0.25) is 4.79 Å². The number of carbonyl (C=O) groups is 1. The highest BCUT2D eigenvalue weighted by molar-refractivity contribution is 6.30. The first-order valence-electron chi connectivity index (χ1n) is 11.3. The van der Waals surface area contributed by atoms with Crippen molar-refractivity contribution in [1.82, 2.24) is 9.99 Å². The van der Waals surface area contributed by atoms with Crippen LogP contribution in [0.4, 0.5) is 0 Å². The lowest BCUT2D eigenvalue weighted by Crippen LogP contribution is -2.18. The Hall–Kier alpha value is -4.09. The van der Waals surface area contributed by atoms with Crippen molar-refractivity contribution in [3.63, 3.8) is 0 Å². The van der Waals surface area contributed by atoms with E-state index >= 15 is 0 Å². The van der Waals surface area contributed by atoms with E-state index < -0.39 is 0 Å². The van der Waals surface area contributed by atoms with E-state index in [4.69, 9.17) is 16.3 Å². The maximum absolute atomic E-state index is 13.0. The van der Waals surface area contributed by atoms with Gasteiger partial charge in [-0.1, -0.05) is 66.2 Å². The van der Waals surface area contributed by atoms with Crippen molar-refractivity contribution in [3.05, 3.63) is 112 Å². The number of amides is 1. The summed E-state index contributed by atoms with van der Waals surface area (Å²) >= 11 is 6.05. The molecule has 1 aromatic heterocycles. The number of benzene rings is 4. The fourth-order valence-corrected chi connectivity index (χ4v) is 4.50. The number of methoxy groups -OCH3 is 1. The van der Waals surface area contributed by atoms with Crippen LogP contribution in [0.25, 0.3) is 21.7 Å². The Morgan fingerprint density at radius 2 is 1.69 bits per heavy atom. The number of para-hydroxylation sites is 1. The highest BCUT2D eigenvalue weighted by Gasteiger charge is 2.15. The first kappa shape index (κ1) is 22.7. The molecule has 0 saturated heterocycles. The number of hydrazone groups is 1. The molecule has 1 N–H and O–H groups in total. The molecule has 0 unspecified atom stereocenters. The molecule has 0 fully saturated rings. The second kappa shape index (κ2) is 9.65. The van der Waals surface area contributed by atoms with Gasteiger partial charge in [-0.2, -0.15) is 5.10 Å². The summed E-state index contributed by atoms with van der Waals surface area (Å²) in [7, 11) is 1.56. The van der Waals surface area contributed by atoms with Crippen LogP contribution in [0.5, 0.6) is 5.75 Å². The molecule has 1 amide bonds. The third-order valence-electron chi connectivity index (χ3n) is 6.21. The largest absolute Gasteiger partial charge is 0.496 e. The van der Waals surface area contributed by atoms with Crippen molar-refractivity contribution in [1.29, 1.82) is 0 Å². The van der Waals surface area contributed by atoms with Crippen molar-refractivity contribution in [2.75, 3.05) is 7.11 Å². The van der Waals surface area contributed by atoms with E-state index in [9.17, 15) is 4.79 Å². The summed E-state index contributed by atoms with van der Waals surface area (Å²) < 4.78 is 7.70. The van der Waals surface area contributed by atoms with E-state index in [1.165, 1.54) is 0 Å². The summed E-state index contributed by atoms with van der Waals surface area (Å²) in [6, 6.07) is 27.6. The average Bonchev–Trinajstić information content (AvgIpc) is 3.15. The monoisotopic (exact) mass is 481 g/mol. The number of aromatic nitrogens is 1. The molecule has 1 heterocycles. The van der Waals surface area contributed by atoms with Gasteiger partial charge in [0.1, 0.15) is 5.75 Å². The predicted octanol–water partition coefficient (Wildman–Crippen LogP) is 6.58. The van der Waals surface area contributed by atoms with Gasteiger partial charge in [0.05, 0.1) is 18.9 Å². The molecular formula is C29H24ClN3O2. The zero-order valence-electron chi connectivity index (χ0n) is 19.5. The SMILES string of the molecule is COc1cc2ccccc2cc1C(=O)N/N=C\c1c(C)n(Cc2ccc(Cl)cc2)c2ccccc12. The Kier molecular flexibility index (Phi) is 6.25. The molecule has 5 rings (SSSR count). The van der Waals surface area contributed by atoms with Crippen molar-refractivity contribution < 1.29 is 9.53 Å². The molecule has 6 heteroatoms. The Morgan fingerprint density at radius 1 is 1.00 bits per heavy atom. The van der Waals surface area contributed by atoms with Crippen LogP contribution in [-0.2, 0) is 6.54 Å². The first-order chi connectivity index (χ1) is 17.0. The van der Waals surface area contributed by atoms with Crippen LogP contribution in [0.1, 0.15) is 27.2 Å². The summed E-state index contributed by atoms with van der Waals surface area (Å²) in [5.41, 5.74) is 7.37. The van der Waals surface area contributed by atoms with Gasteiger partial charge in [0.2, 0.25) is 0 Å². The van der Waals surface area contributed by atoms with Crippen LogP contribution in [0.15, 0.2) is 90.0 Å². The molecule has 0 aliphatic heterocycles. The first-order valence-corrected chi connectivity index (χ1v) is 11.7. The number of hydrogen-bond donors (Lipinski definition) is 1. The quantitative estimate of drug-likeness (QED) is 0.220. The van der Waals surface area contributed by atoms with Gasteiger partial charge in [0, 0.05) is 33.7 Å². The van der Waals surface area contributed by atoms with Gasteiger partial charge in [0.25, 0.3) is 5.91 Å². The number of rotatable bonds is 6. The molecule has 0 saturated carbocycles. The maximum Gasteiger partial charge on any atom is 0.275 e. The van der Waals surface area contributed by atoms with Crippen molar-refractivity contribution >= 4 is 45.4 Å². The number of nitrogens with one attached hydrogen (secondary N) is 1. The Morgan fingerprint density at radius 3 is 2.43 bits per heavy atom. The van der Waals surface area contributed by atoms with Gasteiger partial charge in [-0.05, 0) is 53.6 Å². The molecule has 0 atom stereocenters. The number of halogens is 1. The molecule has 0 aliphatic rings. The predicted molar refractivity (Wildman–Crippen MR) is 143 cm³/mol. The normalized spacial score (nSPS) is 11.4. The zero-order valence-corrected chi connectivity index (χ0v) is 20.2. The van der Waals surface area contributed by atoms with Gasteiger partial charge >= 0.3 is 0 Å². The van der Waals surface area contributed by atoms with Gasteiger partial charge < -0.3 is 9.30 Å². The van der Waals surface area contributed by atoms with Crippen LogP contribution >= 0.6 is 11.6 Å². The van der Waals surface area contributed by atoms with Crippen LogP contribution in [0.2, 0.25) is 5.02 Å². The standard InChI is InChI=1S/C29H24ClN3O2/c1-19-26(24-9-5-6-10-27(24)33(19)18-20-11-13-23(30)14-12-20)17-31-32-29(34)25-15-21-7-3-4-8-22(21)16-28(25)35-2/h3-17H,18H2,1-2H3,(H,32,34)/b31-17-. The number of hydrogen-bond acceptors (Lipinski definition) is 3. The zero-order chi connectivity index (χ0) is 24.4. The molecule has 0 spiro atoms. The summed E-state index contributed by atoms with van der Waals surface area (Å²) in [6.45, 7) is 2.77. The summed E-state index contributed by atoms with van der Waals surface area (Å²) in [4.78, 5) is 13.0. The number of carbonyl (C=O) groups excluding carboxylic acids is 1. The Bertz CT molecular complexity index is 1570. The van der Waals surface area contributed by atoms with E-state index in [2.05, 4.69) is 34.2 Å². The van der Waals surface area contributed by atoms with E-state index in [0.717, 1.165) is 43.5 Å². The number of fused-ring (bicyclic) bond motifs is 2. The smallest absolute Gasteiger partial charge is 0.275 e. The average molecular weight is 482 g/mol. The Labute approximate surface area is 208 Å². The molecule has 4 aromatic carbocycles. The van der Waals surface area contributed by atoms with Crippen LogP contribution in [0.3, 0.4) is 0 Å². The maximum atomic E-state index is 13.0. The van der Waals surface area contributed by atoms with Crippen molar-refractivity contribution in [3.8, 4) is 5.75 Å². The van der Waals surface area contributed by atoms with E-state index in [-0.39, 0.29) is 5.91 Å². The fraction of sp³-hybridized carbons (Fsp3) is 0.103. The number of ether oxygens (including phenoxy) is 1. The second-order valence-corrected chi connectivity index (χ2v) is 8.76. The molecule has 0 aliphatic carbocycles. The molecule has 0 radical (unpaired) electrons. The third kappa shape index (κ3) is 4.51. The minimum absolute atomic E-state index is 0.327. The van der Waals surface area contributed by atoms with Gasteiger partial charge in [0.15, 0.2) is 0 Å². The minimum Gasteiger partial charge on any atom is -0.496 e. The lowest BCUT2D eigenvalue weighted by atomic mass is 10.1. The molecule has 5 aromatic rings. The highest BCUT2D eigenvalue weighted by Crippen LogP contribution is 2.27. The molecule has 35 heavy (non-hydrogen) atoms. The van der Waals surface area contributed by atoms with Crippen LogP contribution < -0.4 is 10.2 Å². The van der Waals surface area contributed by atoms with E-state index in [1.54, 1.807) is 13.3 Å². The van der Waals surface area contributed by atoms with Crippen molar-refractivity contribution in [2.45, 2.75) is 13.5 Å². The van der Waals surface area contributed by atoms with Gasteiger partial charge in [-0.15, -0.1) is 0 Å². The van der Waals surface area contributed by atoms with Crippen LogP contribution in [0, 0.1) is 6.92 Å². The summed E-state index contributed by atoms with van der Waals surface area (Å²) in [5.74, 6) is 0.179. The van der Waals surface area contributed by atoms with E-state index in [0.29, 0.717) is 17.9 Å². The lowest BCUT2D eigenvalue weighted by Gasteiger charge is -2.09. The highest BCUT2D eigenvalue weighted by atomic mass is 35.5. The molecular weight excluding hydrogens is 458 g/mol. The fourth-order valence-electron chi connectivity index (χ4n) is 4.38. The molecule has 174 valence electrons.